The second-order valence-corrected chi connectivity index (χ2v) is 6.43. The first-order chi connectivity index (χ1) is 12.0. The van der Waals surface area contributed by atoms with E-state index in [2.05, 4.69) is 44.4 Å². The molecule has 0 amide bonds. The molecule has 2 N–H and O–H groups in total. The Bertz CT molecular complexity index is 718. The molecule has 0 bridgehead atoms. The van der Waals surface area contributed by atoms with E-state index in [-0.39, 0.29) is 17.8 Å². The summed E-state index contributed by atoms with van der Waals surface area (Å²) in [4.78, 5) is 10.1. The highest BCUT2D eigenvalue weighted by molar-refractivity contribution is 5.52. The summed E-state index contributed by atoms with van der Waals surface area (Å²) in [6.07, 6.45) is 4.14. The lowest BCUT2D eigenvalue weighted by Crippen LogP contribution is -2.45. The first kappa shape index (κ1) is 17.5. The molecule has 3 heterocycles. The number of piperidine rings is 1. The molecule has 7 nitrogen and oxygen atoms in total. The Morgan fingerprint density at radius 3 is 2.80 bits per heavy atom. The molecule has 0 aliphatic carbocycles. The lowest BCUT2D eigenvalue weighted by atomic mass is 10.0. The summed E-state index contributed by atoms with van der Waals surface area (Å²) in [6.45, 7) is 5.41. The van der Waals surface area contributed by atoms with E-state index in [1.54, 1.807) is 24.1 Å². The van der Waals surface area contributed by atoms with E-state index < -0.39 is 12.0 Å². The van der Waals surface area contributed by atoms with Crippen molar-refractivity contribution in [1.29, 1.82) is 0 Å². The number of nitrogens with zero attached hydrogens (tertiary/aromatic N) is 5. The number of hydrogen-bond donors (Lipinski definition) is 2. The molecule has 9 heteroatoms. The Labute approximate surface area is 145 Å². The van der Waals surface area contributed by atoms with Gasteiger partial charge in [0.15, 0.2) is 11.6 Å². The van der Waals surface area contributed by atoms with Gasteiger partial charge in [-0.25, -0.2) is 13.8 Å². The predicted octanol–water partition coefficient (Wildman–Crippen LogP) is 2.59. The number of nitrogens with one attached hydrogen (secondary N) is 2. The highest BCUT2D eigenvalue weighted by atomic mass is 19.1. The highest BCUT2D eigenvalue weighted by Gasteiger charge is 2.32. The van der Waals surface area contributed by atoms with Crippen LogP contribution in [0.25, 0.3) is 0 Å². The third-order valence-corrected chi connectivity index (χ3v) is 4.45. The molecule has 0 radical (unpaired) electrons. The van der Waals surface area contributed by atoms with Crippen LogP contribution in [-0.2, 0) is 0 Å². The minimum absolute atomic E-state index is 0.106. The smallest absolute Gasteiger partial charge is 0.229 e. The summed E-state index contributed by atoms with van der Waals surface area (Å²) < 4.78 is 29.6. The van der Waals surface area contributed by atoms with Crippen LogP contribution in [0.4, 0.5) is 26.2 Å². The van der Waals surface area contributed by atoms with E-state index in [1.807, 2.05) is 0 Å². The van der Waals surface area contributed by atoms with Crippen molar-refractivity contribution in [2.45, 2.75) is 38.5 Å². The molecule has 0 aromatic carbocycles. The van der Waals surface area contributed by atoms with Crippen LogP contribution in [0.2, 0.25) is 0 Å². The molecule has 3 rings (SSSR count). The van der Waals surface area contributed by atoms with Gasteiger partial charge in [0, 0.05) is 32.4 Å². The summed E-state index contributed by atoms with van der Waals surface area (Å²) in [7, 11) is 1.58. The number of hydrogen-bond acceptors (Lipinski definition) is 6. The number of aromatic nitrogens is 4. The summed E-state index contributed by atoms with van der Waals surface area (Å²) in [5, 5.41) is 9.89. The monoisotopic (exact) mass is 351 g/mol. The average Bonchev–Trinajstić information content (AvgIpc) is 3.04. The molecule has 0 spiro atoms. The zero-order chi connectivity index (χ0) is 18.0. The van der Waals surface area contributed by atoms with Gasteiger partial charge in [-0.15, -0.1) is 0 Å². The molecule has 1 saturated heterocycles. The molecule has 136 valence electrons. The predicted molar refractivity (Wildman–Crippen MR) is 92.3 cm³/mol. The van der Waals surface area contributed by atoms with Crippen LogP contribution in [0.15, 0.2) is 18.6 Å². The van der Waals surface area contributed by atoms with Crippen molar-refractivity contribution in [3.05, 3.63) is 24.4 Å². The molecular formula is C16H23F2N7. The van der Waals surface area contributed by atoms with Crippen LogP contribution in [0.1, 0.15) is 26.3 Å². The fourth-order valence-electron chi connectivity index (χ4n) is 3.00. The van der Waals surface area contributed by atoms with Gasteiger partial charge in [-0.2, -0.15) is 10.1 Å². The normalized spacial score (nSPS) is 21.5. The van der Waals surface area contributed by atoms with Crippen molar-refractivity contribution in [1.82, 2.24) is 24.6 Å². The quantitative estimate of drug-likeness (QED) is 0.863. The van der Waals surface area contributed by atoms with Crippen LogP contribution in [0, 0.1) is 5.82 Å². The summed E-state index contributed by atoms with van der Waals surface area (Å²) >= 11 is 0. The highest BCUT2D eigenvalue weighted by Crippen LogP contribution is 2.27. The average molecular weight is 351 g/mol. The molecule has 1 aliphatic heterocycles. The van der Waals surface area contributed by atoms with Crippen molar-refractivity contribution in [3.63, 3.8) is 0 Å². The summed E-state index contributed by atoms with van der Waals surface area (Å²) in [6, 6.07) is 0.0543. The van der Waals surface area contributed by atoms with E-state index in [0.29, 0.717) is 24.7 Å². The van der Waals surface area contributed by atoms with Crippen molar-refractivity contribution >= 4 is 17.5 Å². The Morgan fingerprint density at radius 2 is 2.12 bits per heavy atom. The number of alkyl halides is 1. The fraction of sp³-hybridized carbons (Fsp3) is 0.562. The van der Waals surface area contributed by atoms with Gasteiger partial charge in [0.25, 0.3) is 0 Å². The second-order valence-electron chi connectivity index (χ2n) is 6.43. The van der Waals surface area contributed by atoms with Crippen molar-refractivity contribution in [3.8, 4) is 0 Å². The molecule has 1 fully saturated rings. The Balaban J connectivity index is 1.68. The van der Waals surface area contributed by atoms with Gasteiger partial charge in [-0.05, 0) is 20.3 Å². The van der Waals surface area contributed by atoms with Crippen LogP contribution in [0.5, 0.6) is 0 Å². The van der Waals surface area contributed by atoms with Crippen LogP contribution in [-0.4, -0.2) is 57.0 Å². The fourth-order valence-corrected chi connectivity index (χ4v) is 3.00. The molecular weight excluding hydrogens is 328 g/mol. The number of halogens is 2. The third-order valence-electron chi connectivity index (χ3n) is 4.45. The number of likely N-dealkylation sites (tertiary alicyclic amines) is 1. The van der Waals surface area contributed by atoms with Gasteiger partial charge in [0.05, 0.1) is 24.1 Å². The maximum atomic E-state index is 14.5. The van der Waals surface area contributed by atoms with Gasteiger partial charge in [0.1, 0.15) is 6.17 Å². The second kappa shape index (κ2) is 7.30. The minimum atomic E-state index is -0.970. The Hall–Kier alpha value is -2.29. The lowest BCUT2D eigenvalue weighted by Gasteiger charge is -2.36. The van der Waals surface area contributed by atoms with E-state index >= 15 is 0 Å². The molecule has 25 heavy (non-hydrogen) atoms. The van der Waals surface area contributed by atoms with Gasteiger partial charge in [-0.1, -0.05) is 0 Å². The van der Waals surface area contributed by atoms with Crippen molar-refractivity contribution in [2.24, 2.45) is 0 Å². The third kappa shape index (κ3) is 3.87. The van der Waals surface area contributed by atoms with Crippen LogP contribution < -0.4 is 10.6 Å². The van der Waals surface area contributed by atoms with E-state index in [1.165, 1.54) is 0 Å². The first-order valence-corrected chi connectivity index (χ1v) is 8.37. The van der Waals surface area contributed by atoms with E-state index in [9.17, 15) is 8.78 Å². The topological polar surface area (TPSA) is 70.9 Å². The van der Waals surface area contributed by atoms with Gasteiger partial charge < -0.3 is 10.6 Å². The Kier molecular flexibility index (Phi) is 5.12. The summed E-state index contributed by atoms with van der Waals surface area (Å²) in [5.74, 6) is -0.174. The molecule has 0 saturated carbocycles. The largest absolute Gasteiger partial charge is 0.371 e. The van der Waals surface area contributed by atoms with Gasteiger partial charge in [-0.3, -0.25) is 9.58 Å². The standard InChI is InChI=1S/C16H23F2N7/c1-10(2)24-5-4-14(13(18)9-24)25-8-11(6-21-25)22-16-20-7-12(17)15(19-3)23-16/h6-8,10,13-14H,4-5,9H2,1-3H3,(H2,19,20,22,23)/t13-,14-/m1/s1. The molecule has 0 unspecified atom stereocenters. The lowest BCUT2D eigenvalue weighted by molar-refractivity contribution is 0.0652. The van der Waals surface area contributed by atoms with Crippen LogP contribution in [0.3, 0.4) is 0 Å². The van der Waals surface area contributed by atoms with E-state index in [4.69, 9.17) is 0 Å². The van der Waals surface area contributed by atoms with Crippen molar-refractivity contribution in [2.75, 3.05) is 30.8 Å². The molecule has 2 atom stereocenters. The maximum absolute atomic E-state index is 14.5. The minimum Gasteiger partial charge on any atom is -0.371 e. The SMILES string of the molecule is CNc1nc(Nc2cnn([C@@H]3CCN(C(C)C)C[C@H]3F)c2)ncc1F. The number of anilines is 3. The van der Waals surface area contributed by atoms with Gasteiger partial charge >= 0.3 is 0 Å². The summed E-state index contributed by atoms with van der Waals surface area (Å²) in [5.41, 5.74) is 0.632. The Morgan fingerprint density at radius 1 is 1.32 bits per heavy atom. The van der Waals surface area contributed by atoms with Crippen LogP contribution >= 0.6 is 0 Å². The number of rotatable bonds is 5. The zero-order valence-corrected chi connectivity index (χ0v) is 14.6. The van der Waals surface area contributed by atoms with Gasteiger partial charge in [0.2, 0.25) is 5.95 Å². The van der Waals surface area contributed by atoms with E-state index in [0.717, 1.165) is 12.7 Å². The van der Waals surface area contributed by atoms with Crippen molar-refractivity contribution < 1.29 is 8.78 Å². The first-order valence-electron chi connectivity index (χ1n) is 8.37. The molecule has 2 aromatic rings. The maximum Gasteiger partial charge on any atom is 0.229 e. The molecule has 1 aliphatic rings. The zero-order valence-electron chi connectivity index (χ0n) is 14.6. The molecule has 2 aromatic heterocycles.